The van der Waals surface area contributed by atoms with Gasteiger partial charge in [-0.2, -0.15) is 0 Å². The molecule has 154 valence electrons. The third kappa shape index (κ3) is 6.03. The molecule has 2 rings (SSSR count). The fourth-order valence-corrected chi connectivity index (χ4v) is 2.49. The fraction of sp³-hybridized carbons (Fsp3) is 0.286. The summed E-state index contributed by atoms with van der Waals surface area (Å²) >= 11 is 0. The molecule has 0 heterocycles. The van der Waals surface area contributed by atoms with Crippen molar-refractivity contribution in [2.75, 3.05) is 25.1 Å². The molecule has 0 aliphatic heterocycles. The monoisotopic (exact) mass is 403 g/mol. The molecule has 0 saturated heterocycles. The Bertz CT molecular complexity index is 912. The number of rotatable bonds is 9. The van der Waals surface area contributed by atoms with Crippen LogP contribution in [0.25, 0.3) is 0 Å². The lowest BCUT2D eigenvalue weighted by Crippen LogP contribution is -2.16. The number of ketones is 1. The number of hydrogen-bond donors (Lipinski definition) is 1. The lowest BCUT2D eigenvalue weighted by molar-refractivity contribution is -0.114. The average Bonchev–Trinajstić information content (AvgIpc) is 2.67. The highest BCUT2D eigenvalue weighted by molar-refractivity contribution is 6.00. The highest BCUT2D eigenvalue weighted by Crippen LogP contribution is 2.28. The van der Waals surface area contributed by atoms with Crippen LogP contribution in [0.15, 0.2) is 36.4 Å². The molecule has 2 aromatic rings. The summed E-state index contributed by atoms with van der Waals surface area (Å²) in [5.74, 6) is -1.77. The normalized spacial score (nSPS) is 10.2. The van der Waals surface area contributed by atoms with Crippen LogP contribution in [-0.4, -0.2) is 37.5 Å². The molecule has 0 radical (unpaired) electrons. The molecule has 2 aromatic carbocycles. The molecule has 8 heteroatoms. The molecule has 29 heavy (non-hydrogen) atoms. The summed E-state index contributed by atoms with van der Waals surface area (Å²) < 4.78 is 30.0. The first kappa shape index (κ1) is 21.9. The van der Waals surface area contributed by atoms with Crippen LogP contribution in [0.3, 0.4) is 0 Å². The van der Waals surface area contributed by atoms with Gasteiger partial charge in [0.25, 0.3) is 0 Å². The van der Waals surface area contributed by atoms with Gasteiger partial charge in [-0.15, -0.1) is 0 Å². The van der Waals surface area contributed by atoms with Gasteiger partial charge in [0, 0.05) is 12.6 Å². The highest BCUT2D eigenvalue weighted by atomic mass is 19.1. The van der Waals surface area contributed by atoms with Crippen molar-refractivity contribution in [3.05, 3.63) is 53.3 Å². The SMILES string of the molecule is CCOc1ccc(C(=O)OCC(=O)c2ccc(NC(C)=O)cc2F)cc1OCC. The van der Waals surface area contributed by atoms with Crippen molar-refractivity contribution in [2.45, 2.75) is 20.8 Å². The van der Waals surface area contributed by atoms with Crippen molar-refractivity contribution in [2.24, 2.45) is 0 Å². The summed E-state index contributed by atoms with van der Waals surface area (Å²) in [5.41, 5.74) is 0.154. The molecule has 0 aliphatic carbocycles. The van der Waals surface area contributed by atoms with Gasteiger partial charge in [0.1, 0.15) is 5.82 Å². The van der Waals surface area contributed by atoms with Crippen molar-refractivity contribution in [1.82, 2.24) is 0 Å². The molecule has 0 saturated carbocycles. The van der Waals surface area contributed by atoms with Crippen molar-refractivity contribution >= 4 is 23.3 Å². The topological polar surface area (TPSA) is 90.9 Å². The predicted molar refractivity (Wildman–Crippen MR) is 104 cm³/mol. The van der Waals surface area contributed by atoms with Crippen LogP contribution >= 0.6 is 0 Å². The van der Waals surface area contributed by atoms with Crippen molar-refractivity contribution in [1.29, 1.82) is 0 Å². The Labute approximate surface area is 167 Å². The zero-order valence-corrected chi connectivity index (χ0v) is 16.4. The summed E-state index contributed by atoms with van der Waals surface area (Å²) in [6.45, 7) is 5.09. The second kappa shape index (κ2) is 10.2. The number of esters is 1. The number of Topliss-reactive ketones (excluding diaryl/α,β-unsaturated/α-hetero) is 1. The number of nitrogens with one attached hydrogen (secondary N) is 1. The van der Waals surface area contributed by atoms with Crippen LogP contribution in [0.2, 0.25) is 0 Å². The Kier molecular flexibility index (Phi) is 7.70. The Morgan fingerprint density at radius 1 is 0.966 bits per heavy atom. The van der Waals surface area contributed by atoms with E-state index in [1.54, 1.807) is 13.0 Å². The summed E-state index contributed by atoms with van der Waals surface area (Å²) in [6, 6.07) is 8.17. The van der Waals surface area contributed by atoms with E-state index in [1.807, 2.05) is 6.92 Å². The van der Waals surface area contributed by atoms with Gasteiger partial charge in [-0.25, -0.2) is 9.18 Å². The van der Waals surface area contributed by atoms with Crippen LogP contribution < -0.4 is 14.8 Å². The number of halogens is 1. The summed E-state index contributed by atoms with van der Waals surface area (Å²) in [4.78, 5) is 35.5. The summed E-state index contributed by atoms with van der Waals surface area (Å²) in [6.07, 6.45) is 0. The number of anilines is 1. The maximum atomic E-state index is 14.1. The molecular formula is C21H22FNO6. The predicted octanol–water partition coefficient (Wildman–Crippen LogP) is 3.62. The van der Waals surface area contributed by atoms with Crippen LogP contribution in [0, 0.1) is 5.82 Å². The number of hydrogen-bond acceptors (Lipinski definition) is 6. The van der Waals surface area contributed by atoms with E-state index in [2.05, 4.69) is 5.32 Å². The number of carbonyl (C=O) groups is 3. The zero-order chi connectivity index (χ0) is 21.4. The number of carbonyl (C=O) groups excluding carboxylic acids is 3. The van der Waals surface area contributed by atoms with E-state index < -0.39 is 24.2 Å². The van der Waals surface area contributed by atoms with Gasteiger partial charge in [0.05, 0.1) is 24.3 Å². The largest absolute Gasteiger partial charge is 0.490 e. The van der Waals surface area contributed by atoms with Gasteiger partial charge in [-0.3, -0.25) is 9.59 Å². The molecule has 0 unspecified atom stereocenters. The third-order valence-corrected chi connectivity index (χ3v) is 3.70. The Morgan fingerprint density at radius 3 is 2.28 bits per heavy atom. The van der Waals surface area contributed by atoms with Crippen LogP contribution in [0.5, 0.6) is 11.5 Å². The molecular weight excluding hydrogens is 381 g/mol. The van der Waals surface area contributed by atoms with Gasteiger partial charge >= 0.3 is 5.97 Å². The first-order chi connectivity index (χ1) is 13.8. The minimum atomic E-state index is -0.822. The van der Waals surface area contributed by atoms with Crippen LogP contribution in [-0.2, 0) is 9.53 Å². The molecule has 0 aromatic heterocycles. The maximum absolute atomic E-state index is 14.1. The van der Waals surface area contributed by atoms with E-state index in [0.717, 1.165) is 6.07 Å². The number of benzene rings is 2. The number of amides is 1. The van der Waals surface area contributed by atoms with E-state index >= 15 is 0 Å². The lowest BCUT2D eigenvalue weighted by Gasteiger charge is -2.12. The van der Waals surface area contributed by atoms with Gasteiger partial charge < -0.3 is 19.5 Å². The first-order valence-electron chi connectivity index (χ1n) is 9.02. The quantitative estimate of drug-likeness (QED) is 0.508. The van der Waals surface area contributed by atoms with Crippen LogP contribution in [0.4, 0.5) is 10.1 Å². The van der Waals surface area contributed by atoms with E-state index in [9.17, 15) is 18.8 Å². The van der Waals surface area contributed by atoms with E-state index in [1.165, 1.54) is 31.2 Å². The maximum Gasteiger partial charge on any atom is 0.338 e. The third-order valence-electron chi connectivity index (χ3n) is 3.70. The minimum Gasteiger partial charge on any atom is -0.490 e. The molecule has 0 bridgehead atoms. The smallest absolute Gasteiger partial charge is 0.338 e. The standard InChI is InChI=1S/C21H22FNO6/c1-4-27-19-9-6-14(10-20(19)28-5-2)21(26)29-12-18(25)16-8-7-15(11-17(16)22)23-13(3)24/h6-11H,4-5,12H2,1-3H3,(H,23,24). The molecule has 0 atom stereocenters. The molecule has 1 N–H and O–H groups in total. The van der Waals surface area contributed by atoms with Crippen molar-refractivity contribution in [3.63, 3.8) is 0 Å². The van der Waals surface area contributed by atoms with Gasteiger partial charge in [0.2, 0.25) is 11.7 Å². The Morgan fingerprint density at radius 2 is 1.66 bits per heavy atom. The minimum absolute atomic E-state index is 0.172. The highest BCUT2D eigenvalue weighted by Gasteiger charge is 2.17. The Balaban J connectivity index is 2.05. The zero-order valence-electron chi connectivity index (χ0n) is 16.4. The summed E-state index contributed by atoms with van der Waals surface area (Å²) in [7, 11) is 0. The van der Waals surface area contributed by atoms with Crippen molar-refractivity contribution in [3.8, 4) is 11.5 Å². The van der Waals surface area contributed by atoms with E-state index in [-0.39, 0.29) is 22.7 Å². The second-order valence-electron chi connectivity index (χ2n) is 5.90. The van der Waals surface area contributed by atoms with E-state index in [0.29, 0.717) is 24.7 Å². The van der Waals surface area contributed by atoms with Gasteiger partial charge in [0.15, 0.2) is 18.1 Å². The molecule has 0 aliphatic rings. The first-order valence-corrected chi connectivity index (χ1v) is 9.02. The average molecular weight is 403 g/mol. The molecule has 7 nitrogen and oxygen atoms in total. The summed E-state index contributed by atoms with van der Waals surface area (Å²) in [5, 5.41) is 2.41. The number of ether oxygens (including phenoxy) is 3. The Hall–Kier alpha value is -3.42. The fourth-order valence-electron chi connectivity index (χ4n) is 2.49. The second-order valence-corrected chi connectivity index (χ2v) is 5.90. The lowest BCUT2D eigenvalue weighted by atomic mass is 10.1. The van der Waals surface area contributed by atoms with Crippen molar-refractivity contribution < 1.29 is 33.0 Å². The van der Waals surface area contributed by atoms with Gasteiger partial charge in [-0.05, 0) is 50.2 Å². The molecule has 1 amide bonds. The van der Waals surface area contributed by atoms with Crippen LogP contribution in [0.1, 0.15) is 41.5 Å². The molecule has 0 fully saturated rings. The van der Waals surface area contributed by atoms with Gasteiger partial charge in [-0.1, -0.05) is 0 Å². The molecule has 0 spiro atoms. The van der Waals surface area contributed by atoms with E-state index in [4.69, 9.17) is 14.2 Å².